The van der Waals surface area contributed by atoms with E-state index in [0.717, 1.165) is 6.42 Å². The number of nitrogens with two attached hydrogens (primary N) is 2. The van der Waals surface area contributed by atoms with Gasteiger partial charge in [-0.1, -0.05) is 34.6 Å². The minimum atomic E-state index is -0.190. The summed E-state index contributed by atoms with van der Waals surface area (Å²) in [6, 6.07) is 0.168. The number of rotatable bonds is 6. The van der Waals surface area contributed by atoms with Gasteiger partial charge < -0.3 is 16.2 Å². The van der Waals surface area contributed by atoms with Gasteiger partial charge in [-0.05, 0) is 47.0 Å². The summed E-state index contributed by atoms with van der Waals surface area (Å²) in [5, 5.41) is 0. The molecule has 0 aliphatic rings. The van der Waals surface area contributed by atoms with Crippen LogP contribution in [0.25, 0.3) is 0 Å². The maximum absolute atomic E-state index is 6.00. The van der Waals surface area contributed by atoms with E-state index in [9.17, 15) is 0 Å². The van der Waals surface area contributed by atoms with Crippen LogP contribution in [0.4, 0.5) is 0 Å². The molecule has 3 heteroatoms. The molecule has 0 bridgehead atoms. The van der Waals surface area contributed by atoms with Crippen LogP contribution in [0.3, 0.4) is 0 Å². The first-order valence-corrected chi connectivity index (χ1v) is 7.73. The molecule has 0 saturated carbocycles. The molecule has 0 aromatic carbocycles. The SMILES string of the molecule is CC.CC.CC(N)CC(C)(C)OCC(C)C(C)(C)N. The molecule has 0 saturated heterocycles. The second-order valence-electron chi connectivity index (χ2n) is 5.97. The van der Waals surface area contributed by atoms with E-state index < -0.39 is 0 Å². The van der Waals surface area contributed by atoms with Crippen LogP contribution in [0.5, 0.6) is 0 Å². The predicted octanol–water partition coefficient (Wildman–Crippen LogP) is 3.94. The topological polar surface area (TPSA) is 61.3 Å². The Morgan fingerprint density at radius 1 is 0.947 bits per heavy atom. The van der Waals surface area contributed by atoms with Gasteiger partial charge in [0.25, 0.3) is 0 Å². The van der Waals surface area contributed by atoms with Crippen molar-refractivity contribution in [1.82, 2.24) is 0 Å². The highest BCUT2D eigenvalue weighted by molar-refractivity contribution is 4.80. The van der Waals surface area contributed by atoms with Gasteiger partial charge in [0.05, 0.1) is 12.2 Å². The Morgan fingerprint density at radius 2 is 1.32 bits per heavy atom. The summed E-state index contributed by atoms with van der Waals surface area (Å²) < 4.78 is 5.87. The molecular weight excluding hydrogens is 236 g/mol. The van der Waals surface area contributed by atoms with Crippen molar-refractivity contribution in [3.63, 3.8) is 0 Å². The summed E-state index contributed by atoms with van der Waals surface area (Å²) in [5.74, 6) is 0.338. The highest BCUT2D eigenvalue weighted by Crippen LogP contribution is 2.20. The lowest BCUT2D eigenvalue weighted by Gasteiger charge is -2.33. The minimum Gasteiger partial charge on any atom is -0.375 e. The minimum absolute atomic E-state index is 0.159. The average Bonchev–Trinajstić information content (AvgIpc) is 2.28. The van der Waals surface area contributed by atoms with E-state index in [1.165, 1.54) is 0 Å². The summed E-state index contributed by atoms with van der Waals surface area (Å²) in [5.41, 5.74) is 11.4. The molecule has 2 atom stereocenters. The Morgan fingerprint density at radius 3 is 1.58 bits per heavy atom. The van der Waals surface area contributed by atoms with Crippen molar-refractivity contribution >= 4 is 0 Å². The quantitative estimate of drug-likeness (QED) is 0.772. The van der Waals surface area contributed by atoms with Crippen LogP contribution in [-0.2, 0) is 4.74 Å². The van der Waals surface area contributed by atoms with E-state index >= 15 is 0 Å². The van der Waals surface area contributed by atoms with Crippen molar-refractivity contribution in [2.24, 2.45) is 17.4 Å². The van der Waals surface area contributed by atoms with Gasteiger partial charge in [-0.15, -0.1) is 0 Å². The molecule has 0 aliphatic heterocycles. The van der Waals surface area contributed by atoms with Crippen molar-refractivity contribution in [1.29, 1.82) is 0 Å². The van der Waals surface area contributed by atoms with Gasteiger partial charge in [0.2, 0.25) is 0 Å². The van der Waals surface area contributed by atoms with Crippen LogP contribution < -0.4 is 11.5 Å². The van der Waals surface area contributed by atoms with Crippen LogP contribution in [-0.4, -0.2) is 23.8 Å². The van der Waals surface area contributed by atoms with Crippen molar-refractivity contribution in [2.75, 3.05) is 6.61 Å². The monoisotopic (exact) mass is 276 g/mol. The number of hydrogen-bond acceptors (Lipinski definition) is 3. The largest absolute Gasteiger partial charge is 0.375 e. The van der Waals surface area contributed by atoms with Crippen LogP contribution in [0, 0.1) is 5.92 Å². The Hall–Kier alpha value is -0.120. The van der Waals surface area contributed by atoms with E-state index in [-0.39, 0.29) is 17.2 Å². The summed E-state index contributed by atoms with van der Waals surface area (Å²) in [6.45, 7) is 21.0. The molecule has 0 aromatic heterocycles. The Kier molecular flexibility index (Phi) is 14.7. The maximum Gasteiger partial charge on any atom is 0.0641 e. The summed E-state index contributed by atoms with van der Waals surface area (Å²) >= 11 is 0. The van der Waals surface area contributed by atoms with Gasteiger partial charge in [-0.2, -0.15) is 0 Å². The fraction of sp³-hybridized carbons (Fsp3) is 1.00. The third-order valence-electron chi connectivity index (χ3n) is 2.81. The molecular formula is C16H40N2O. The van der Waals surface area contributed by atoms with Gasteiger partial charge in [0.1, 0.15) is 0 Å². The molecule has 3 nitrogen and oxygen atoms in total. The van der Waals surface area contributed by atoms with E-state index in [1.54, 1.807) is 0 Å². The smallest absolute Gasteiger partial charge is 0.0641 e. The third kappa shape index (κ3) is 15.8. The normalized spacial score (nSPS) is 14.5. The molecule has 0 amide bonds. The fourth-order valence-electron chi connectivity index (χ4n) is 1.40. The summed E-state index contributed by atoms with van der Waals surface area (Å²) in [6.07, 6.45) is 0.866. The van der Waals surface area contributed by atoms with Crippen LogP contribution >= 0.6 is 0 Å². The summed E-state index contributed by atoms with van der Waals surface area (Å²) in [4.78, 5) is 0. The molecule has 0 aliphatic carbocycles. The first-order chi connectivity index (χ1) is 8.54. The fourth-order valence-corrected chi connectivity index (χ4v) is 1.40. The zero-order chi connectivity index (χ0) is 16.3. The molecule has 120 valence electrons. The van der Waals surface area contributed by atoms with Crippen LogP contribution in [0.1, 0.15) is 75.7 Å². The first kappa shape index (κ1) is 23.9. The Balaban J connectivity index is -0.000000579. The van der Waals surface area contributed by atoms with Gasteiger partial charge in [-0.3, -0.25) is 0 Å². The van der Waals surface area contributed by atoms with Crippen LogP contribution in [0.15, 0.2) is 0 Å². The van der Waals surface area contributed by atoms with Gasteiger partial charge in [0, 0.05) is 11.6 Å². The number of hydrogen-bond donors (Lipinski definition) is 2. The molecule has 0 radical (unpaired) electrons. The van der Waals surface area contributed by atoms with Crippen molar-refractivity contribution in [3.05, 3.63) is 0 Å². The van der Waals surface area contributed by atoms with Gasteiger partial charge >= 0.3 is 0 Å². The van der Waals surface area contributed by atoms with E-state index in [1.807, 2.05) is 48.5 Å². The Labute approximate surface area is 122 Å². The summed E-state index contributed by atoms with van der Waals surface area (Å²) in [7, 11) is 0. The standard InChI is InChI=1S/C12H28N2O.2C2H6/c1-9(12(5,6)14)8-15-11(3,4)7-10(2)13;2*1-2/h9-10H,7-8,13-14H2,1-6H3;2*1-2H3. The van der Waals surface area contributed by atoms with Crippen molar-refractivity contribution in [2.45, 2.75) is 92.8 Å². The molecule has 0 aromatic rings. The van der Waals surface area contributed by atoms with Crippen molar-refractivity contribution in [3.8, 4) is 0 Å². The lowest BCUT2D eigenvalue weighted by molar-refractivity contribution is -0.0492. The van der Waals surface area contributed by atoms with Gasteiger partial charge in [-0.25, -0.2) is 0 Å². The lowest BCUT2D eigenvalue weighted by atomic mass is 9.90. The van der Waals surface area contributed by atoms with Gasteiger partial charge in [0.15, 0.2) is 0 Å². The zero-order valence-electron chi connectivity index (χ0n) is 15.1. The van der Waals surface area contributed by atoms with Crippen LogP contribution in [0.2, 0.25) is 0 Å². The van der Waals surface area contributed by atoms with E-state index in [2.05, 4.69) is 20.8 Å². The highest BCUT2D eigenvalue weighted by Gasteiger charge is 2.25. The molecule has 0 heterocycles. The molecule has 4 N–H and O–H groups in total. The second kappa shape index (κ2) is 11.7. The third-order valence-corrected chi connectivity index (χ3v) is 2.81. The second-order valence-corrected chi connectivity index (χ2v) is 5.97. The molecule has 0 rings (SSSR count). The molecule has 19 heavy (non-hydrogen) atoms. The lowest BCUT2D eigenvalue weighted by Crippen LogP contribution is -2.43. The number of ether oxygens (including phenoxy) is 1. The zero-order valence-corrected chi connectivity index (χ0v) is 15.1. The van der Waals surface area contributed by atoms with E-state index in [4.69, 9.17) is 16.2 Å². The molecule has 2 unspecified atom stereocenters. The predicted molar refractivity (Wildman–Crippen MR) is 88.4 cm³/mol. The van der Waals surface area contributed by atoms with Crippen molar-refractivity contribution < 1.29 is 4.74 Å². The maximum atomic E-state index is 6.00. The molecule has 0 spiro atoms. The first-order valence-electron chi connectivity index (χ1n) is 7.73. The molecule has 0 fully saturated rings. The highest BCUT2D eigenvalue weighted by atomic mass is 16.5. The van der Waals surface area contributed by atoms with E-state index in [0.29, 0.717) is 12.5 Å². The Bertz CT molecular complexity index is 184. The average molecular weight is 277 g/mol.